The lowest BCUT2D eigenvalue weighted by molar-refractivity contribution is 0.0934. The molecule has 0 aromatic heterocycles. The van der Waals surface area contributed by atoms with Crippen LogP contribution in [0.4, 0.5) is 0 Å². The Labute approximate surface area is 128 Å². The molecule has 1 amide bonds. The van der Waals surface area contributed by atoms with Crippen molar-refractivity contribution in [1.82, 2.24) is 5.32 Å². The molecule has 1 N–H and O–H groups in total. The van der Waals surface area contributed by atoms with E-state index < -0.39 is 0 Å². The molecule has 2 aromatic carbocycles. The highest BCUT2D eigenvalue weighted by Gasteiger charge is 2.16. The van der Waals surface area contributed by atoms with E-state index in [1.54, 1.807) is 0 Å². The van der Waals surface area contributed by atoms with Gasteiger partial charge in [-0.3, -0.25) is 4.79 Å². The molecule has 1 unspecified atom stereocenters. The Morgan fingerprint density at radius 1 is 1.15 bits per heavy atom. The van der Waals surface area contributed by atoms with Crippen molar-refractivity contribution in [2.75, 3.05) is 0 Å². The minimum atomic E-state index is -0.0451. The summed E-state index contributed by atoms with van der Waals surface area (Å²) < 4.78 is 0.861. The molecule has 1 atom stereocenters. The SMILES string of the molecule is CCC(NC(=O)c1cccc(C)c1Br)c1ccccc1. The maximum Gasteiger partial charge on any atom is 0.252 e. The summed E-state index contributed by atoms with van der Waals surface area (Å²) in [6, 6.07) is 15.8. The molecule has 2 rings (SSSR count). The summed E-state index contributed by atoms with van der Waals surface area (Å²) in [5.41, 5.74) is 2.87. The predicted molar refractivity (Wildman–Crippen MR) is 85.8 cm³/mol. The Kier molecular flexibility index (Phi) is 4.96. The van der Waals surface area contributed by atoms with Gasteiger partial charge in [0.2, 0.25) is 0 Å². The van der Waals surface area contributed by atoms with Crippen LogP contribution in [0.3, 0.4) is 0 Å². The molecule has 0 saturated heterocycles. The number of nitrogens with one attached hydrogen (secondary N) is 1. The van der Waals surface area contributed by atoms with Crippen molar-refractivity contribution in [2.24, 2.45) is 0 Å². The lowest BCUT2D eigenvalue weighted by Gasteiger charge is -2.18. The van der Waals surface area contributed by atoms with E-state index in [0.717, 1.165) is 22.0 Å². The van der Waals surface area contributed by atoms with Crippen LogP contribution in [-0.2, 0) is 0 Å². The number of rotatable bonds is 4. The predicted octanol–water partition coefficient (Wildman–Crippen LogP) is 4.64. The second-order valence-electron chi connectivity index (χ2n) is 4.78. The van der Waals surface area contributed by atoms with Crippen molar-refractivity contribution in [3.05, 3.63) is 69.7 Å². The van der Waals surface area contributed by atoms with Crippen molar-refractivity contribution in [1.29, 1.82) is 0 Å². The van der Waals surface area contributed by atoms with Gasteiger partial charge in [-0.2, -0.15) is 0 Å². The van der Waals surface area contributed by atoms with Crippen LogP contribution in [0.2, 0.25) is 0 Å². The number of halogens is 1. The van der Waals surface area contributed by atoms with Gasteiger partial charge in [0.05, 0.1) is 11.6 Å². The van der Waals surface area contributed by atoms with E-state index in [2.05, 4.69) is 28.2 Å². The zero-order valence-corrected chi connectivity index (χ0v) is 13.3. The average molecular weight is 332 g/mol. The van der Waals surface area contributed by atoms with Crippen LogP contribution in [0.5, 0.6) is 0 Å². The number of carbonyl (C=O) groups excluding carboxylic acids is 1. The van der Waals surface area contributed by atoms with Gasteiger partial charge in [-0.05, 0) is 46.5 Å². The molecule has 104 valence electrons. The third-order valence-electron chi connectivity index (χ3n) is 3.35. The Morgan fingerprint density at radius 3 is 2.50 bits per heavy atom. The van der Waals surface area contributed by atoms with Crippen molar-refractivity contribution in [3.8, 4) is 0 Å². The summed E-state index contributed by atoms with van der Waals surface area (Å²) in [5, 5.41) is 3.10. The van der Waals surface area contributed by atoms with Crippen molar-refractivity contribution >= 4 is 21.8 Å². The molecule has 0 radical (unpaired) electrons. The van der Waals surface area contributed by atoms with E-state index in [-0.39, 0.29) is 11.9 Å². The number of carbonyl (C=O) groups is 1. The summed E-state index contributed by atoms with van der Waals surface area (Å²) >= 11 is 3.49. The zero-order chi connectivity index (χ0) is 14.5. The minimum absolute atomic E-state index is 0.0381. The smallest absolute Gasteiger partial charge is 0.252 e. The highest BCUT2D eigenvalue weighted by Crippen LogP contribution is 2.23. The fraction of sp³-hybridized carbons (Fsp3) is 0.235. The van der Waals surface area contributed by atoms with Gasteiger partial charge in [0.25, 0.3) is 5.91 Å². The first-order valence-corrected chi connectivity index (χ1v) is 7.53. The van der Waals surface area contributed by atoms with Crippen LogP contribution >= 0.6 is 15.9 Å². The fourth-order valence-corrected chi connectivity index (χ4v) is 2.61. The van der Waals surface area contributed by atoms with Crippen molar-refractivity contribution < 1.29 is 4.79 Å². The lowest BCUT2D eigenvalue weighted by atomic mass is 10.0. The van der Waals surface area contributed by atoms with Gasteiger partial charge in [-0.15, -0.1) is 0 Å². The van der Waals surface area contributed by atoms with Gasteiger partial charge in [0.1, 0.15) is 0 Å². The van der Waals surface area contributed by atoms with E-state index in [0.29, 0.717) is 5.56 Å². The minimum Gasteiger partial charge on any atom is -0.345 e. The standard InChI is InChI=1S/C17H18BrNO/c1-3-15(13-9-5-4-6-10-13)19-17(20)14-11-7-8-12(2)16(14)18/h4-11,15H,3H2,1-2H3,(H,19,20). The first-order chi connectivity index (χ1) is 9.63. The van der Waals surface area contributed by atoms with E-state index >= 15 is 0 Å². The molecular weight excluding hydrogens is 314 g/mol. The van der Waals surface area contributed by atoms with Crippen LogP contribution in [-0.4, -0.2) is 5.91 Å². The molecule has 2 aromatic rings. The van der Waals surface area contributed by atoms with Gasteiger partial charge in [-0.25, -0.2) is 0 Å². The molecular formula is C17H18BrNO. The van der Waals surface area contributed by atoms with Gasteiger partial charge in [0.15, 0.2) is 0 Å². The first-order valence-electron chi connectivity index (χ1n) is 6.74. The number of aryl methyl sites for hydroxylation is 1. The van der Waals surface area contributed by atoms with Crippen molar-refractivity contribution in [2.45, 2.75) is 26.3 Å². The summed E-state index contributed by atoms with van der Waals surface area (Å²) in [5.74, 6) is -0.0451. The number of amides is 1. The van der Waals surface area contributed by atoms with Gasteiger partial charge >= 0.3 is 0 Å². The molecule has 0 aliphatic rings. The molecule has 20 heavy (non-hydrogen) atoms. The van der Waals surface area contributed by atoms with E-state index in [1.807, 2.05) is 55.5 Å². The van der Waals surface area contributed by atoms with Gasteiger partial charge in [-0.1, -0.05) is 49.4 Å². The fourth-order valence-electron chi connectivity index (χ4n) is 2.17. The van der Waals surface area contributed by atoms with E-state index in [1.165, 1.54) is 0 Å². The molecule has 0 aliphatic carbocycles. The molecule has 2 nitrogen and oxygen atoms in total. The Bertz CT molecular complexity index is 595. The van der Waals surface area contributed by atoms with Crippen LogP contribution < -0.4 is 5.32 Å². The molecule has 3 heteroatoms. The second kappa shape index (κ2) is 6.71. The highest BCUT2D eigenvalue weighted by atomic mass is 79.9. The number of benzene rings is 2. The quantitative estimate of drug-likeness (QED) is 0.868. The third-order valence-corrected chi connectivity index (χ3v) is 4.40. The van der Waals surface area contributed by atoms with Gasteiger partial charge in [0, 0.05) is 4.47 Å². The molecule has 0 heterocycles. The summed E-state index contributed by atoms with van der Waals surface area (Å²) in [6.07, 6.45) is 0.860. The van der Waals surface area contributed by atoms with Gasteiger partial charge < -0.3 is 5.32 Å². The normalized spacial score (nSPS) is 11.9. The second-order valence-corrected chi connectivity index (χ2v) is 5.57. The summed E-state index contributed by atoms with van der Waals surface area (Å²) in [6.45, 7) is 4.05. The molecule has 0 spiro atoms. The van der Waals surface area contributed by atoms with E-state index in [9.17, 15) is 4.79 Å². The largest absolute Gasteiger partial charge is 0.345 e. The maximum atomic E-state index is 12.4. The number of hydrogen-bond acceptors (Lipinski definition) is 1. The summed E-state index contributed by atoms with van der Waals surface area (Å²) in [4.78, 5) is 12.4. The van der Waals surface area contributed by atoms with E-state index in [4.69, 9.17) is 0 Å². The highest BCUT2D eigenvalue weighted by molar-refractivity contribution is 9.10. The Hall–Kier alpha value is -1.61. The molecule has 0 fully saturated rings. The molecule has 0 aliphatic heterocycles. The van der Waals surface area contributed by atoms with Crippen LogP contribution in [0.25, 0.3) is 0 Å². The van der Waals surface area contributed by atoms with Crippen LogP contribution in [0.15, 0.2) is 53.0 Å². The third kappa shape index (κ3) is 3.28. The topological polar surface area (TPSA) is 29.1 Å². The van der Waals surface area contributed by atoms with Crippen LogP contribution in [0, 0.1) is 6.92 Å². The van der Waals surface area contributed by atoms with Crippen LogP contribution in [0.1, 0.15) is 40.9 Å². The number of hydrogen-bond donors (Lipinski definition) is 1. The zero-order valence-electron chi connectivity index (χ0n) is 11.7. The maximum absolute atomic E-state index is 12.4. The summed E-state index contributed by atoms with van der Waals surface area (Å²) in [7, 11) is 0. The van der Waals surface area contributed by atoms with Crippen molar-refractivity contribution in [3.63, 3.8) is 0 Å². The average Bonchev–Trinajstić information content (AvgIpc) is 2.48. The molecule has 0 bridgehead atoms. The monoisotopic (exact) mass is 331 g/mol. The Morgan fingerprint density at radius 2 is 1.85 bits per heavy atom. The first kappa shape index (κ1) is 14.8. The Balaban J connectivity index is 2.20. The lowest BCUT2D eigenvalue weighted by Crippen LogP contribution is -2.28. The molecule has 0 saturated carbocycles.